The summed E-state index contributed by atoms with van der Waals surface area (Å²) in [6.45, 7) is 0. The van der Waals surface area contributed by atoms with Crippen molar-refractivity contribution < 1.29 is 0 Å². The van der Waals surface area contributed by atoms with Crippen LogP contribution < -0.4 is 4.90 Å². The number of hydrogen-bond acceptors (Lipinski definition) is 1. The first kappa shape index (κ1) is 39.4. The number of rotatable bonds is 6. The van der Waals surface area contributed by atoms with Crippen molar-refractivity contribution in [2.45, 2.75) is 10.8 Å². The van der Waals surface area contributed by atoms with Crippen LogP contribution in [0.3, 0.4) is 0 Å². The number of nitrogens with zero attached hydrogens (tertiary/aromatic N) is 1. The summed E-state index contributed by atoms with van der Waals surface area (Å²) >= 11 is 0. The molecule has 0 aromatic heterocycles. The number of anilines is 3. The lowest BCUT2D eigenvalue weighted by atomic mass is 9.52. The topological polar surface area (TPSA) is 3.24 Å². The van der Waals surface area contributed by atoms with Gasteiger partial charge < -0.3 is 4.90 Å². The summed E-state index contributed by atoms with van der Waals surface area (Å²) in [5.74, 6) is 0. The van der Waals surface area contributed by atoms with E-state index >= 15 is 0 Å². The zero-order chi connectivity index (χ0) is 45.5. The molecule has 0 amide bonds. The molecule has 14 rings (SSSR count). The van der Waals surface area contributed by atoms with Gasteiger partial charge in [0.2, 0.25) is 0 Å². The molecular weight excluding hydrogens is 831 g/mol. The van der Waals surface area contributed by atoms with Crippen LogP contribution in [0.2, 0.25) is 0 Å². The van der Waals surface area contributed by atoms with Gasteiger partial charge in [-0.15, -0.1) is 0 Å². The Morgan fingerprint density at radius 2 is 0.507 bits per heavy atom. The molecule has 0 fully saturated rings. The second-order valence-electron chi connectivity index (χ2n) is 18.7. The summed E-state index contributed by atoms with van der Waals surface area (Å²) in [5.41, 5.74) is 25.6. The van der Waals surface area contributed by atoms with E-state index in [-0.39, 0.29) is 0 Å². The van der Waals surface area contributed by atoms with E-state index in [1.165, 1.54) is 100 Å². The Hall–Kier alpha value is -8.78. The van der Waals surface area contributed by atoms with Gasteiger partial charge in [0, 0.05) is 17.1 Å². The molecule has 2 spiro atoms. The van der Waals surface area contributed by atoms with Crippen LogP contribution in [0.1, 0.15) is 44.5 Å². The number of fused-ring (bicyclic) bond motifs is 16. The van der Waals surface area contributed by atoms with Gasteiger partial charge in [-0.05, 0) is 143 Å². The molecule has 11 aromatic rings. The second-order valence-corrected chi connectivity index (χ2v) is 18.7. The van der Waals surface area contributed by atoms with E-state index in [0.717, 1.165) is 17.1 Å². The third kappa shape index (κ3) is 5.65. The average molecular weight is 876 g/mol. The van der Waals surface area contributed by atoms with Crippen molar-refractivity contribution in [3.05, 3.63) is 317 Å². The Morgan fingerprint density at radius 1 is 0.188 bits per heavy atom. The molecule has 0 bridgehead atoms. The van der Waals surface area contributed by atoms with Crippen molar-refractivity contribution in [1.82, 2.24) is 0 Å². The predicted octanol–water partition coefficient (Wildman–Crippen LogP) is 17.2. The zero-order valence-corrected chi connectivity index (χ0v) is 37.9. The Labute approximate surface area is 403 Å². The van der Waals surface area contributed by atoms with Gasteiger partial charge in [0.25, 0.3) is 0 Å². The molecule has 0 N–H and O–H groups in total. The van der Waals surface area contributed by atoms with E-state index in [0.29, 0.717) is 0 Å². The average Bonchev–Trinajstić information content (AvgIpc) is 3.89. The van der Waals surface area contributed by atoms with Crippen LogP contribution in [0.15, 0.2) is 273 Å². The van der Waals surface area contributed by atoms with E-state index in [1.807, 2.05) is 0 Å². The summed E-state index contributed by atoms with van der Waals surface area (Å²) in [5, 5.41) is 0. The number of benzene rings is 11. The van der Waals surface area contributed by atoms with Crippen LogP contribution in [-0.4, -0.2) is 0 Å². The summed E-state index contributed by atoms with van der Waals surface area (Å²) in [6, 6.07) is 102. The first-order valence-corrected chi connectivity index (χ1v) is 24.1. The maximum Gasteiger partial charge on any atom is 0.0720 e. The van der Waals surface area contributed by atoms with Crippen molar-refractivity contribution in [2.24, 2.45) is 0 Å². The van der Waals surface area contributed by atoms with Crippen molar-refractivity contribution in [3.63, 3.8) is 0 Å². The van der Waals surface area contributed by atoms with Crippen molar-refractivity contribution >= 4 is 17.1 Å². The summed E-state index contributed by atoms with van der Waals surface area (Å²) in [6.07, 6.45) is 0. The zero-order valence-electron chi connectivity index (χ0n) is 37.9. The van der Waals surface area contributed by atoms with Crippen molar-refractivity contribution in [2.75, 3.05) is 4.90 Å². The van der Waals surface area contributed by atoms with Gasteiger partial charge in [-0.25, -0.2) is 0 Å². The molecule has 0 heterocycles. The predicted molar refractivity (Wildman–Crippen MR) is 286 cm³/mol. The van der Waals surface area contributed by atoms with Crippen LogP contribution in [0.4, 0.5) is 17.1 Å². The molecule has 0 saturated heterocycles. The summed E-state index contributed by atoms with van der Waals surface area (Å²) in [7, 11) is 0. The number of hydrogen-bond donors (Lipinski definition) is 0. The molecule has 0 unspecified atom stereocenters. The highest BCUT2D eigenvalue weighted by Gasteiger charge is 2.58. The fraction of sp³-hybridized carbons (Fsp3) is 0.0294. The molecule has 0 aliphatic heterocycles. The molecule has 0 atom stereocenters. The Bertz CT molecular complexity index is 3680. The van der Waals surface area contributed by atoms with Gasteiger partial charge in [-0.3, -0.25) is 0 Å². The van der Waals surface area contributed by atoms with Gasteiger partial charge in [-0.2, -0.15) is 0 Å². The third-order valence-electron chi connectivity index (χ3n) is 15.4. The van der Waals surface area contributed by atoms with Gasteiger partial charge in [0.05, 0.1) is 10.8 Å². The molecule has 322 valence electrons. The minimum Gasteiger partial charge on any atom is -0.310 e. The lowest BCUT2D eigenvalue weighted by Gasteiger charge is -2.48. The smallest absolute Gasteiger partial charge is 0.0720 e. The van der Waals surface area contributed by atoms with Crippen LogP contribution in [0, 0.1) is 0 Å². The van der Waals surface area contributed by atoms with Crippen LogP contribution in [0.5, 0.6) is 0 Å². The standard InChI is InChI=1S/C68H45N/c1-3-18-46(19-4-1)48-34-39-52(40-35-48)69(54-23-17-22-50(44-54)47-20-5-2-6-21-47)53-41-36-49(37-42-53)51-38-43-62-58(45-51)57-26-9-12-29-61(57)68(62)65-32-15-13-30-63(65)67(64-31-14-16-33-66(64)68)59-27-10-7-24-55(59)56-25-8-11-28-60(56)67/h1-45H. The normalized spacial score (nSPS) is 13.7. The quantitative estimate of drug-likeness (QED) is 0.161. The molecule has 69 heavy (non-hydrogen) atoms. The highest BCUT2D eigenvalue weighted by Crippen LogP contribution is 2.67. The maximum atomic E-state index is 2.46. The summed E-state index contributed by atoms with van der Waals surface area (Å²) < 4.78 is 0. The lowest BCUT2D eigenvalue weighted by molar-refractivity contribution is 0.633. The summed E-state index contributed by atoms with van der Waals surface area (Å²) in [4.78, 5) is 2.37. The largest absolute Gasteiger partial charge is 0.310 e. The first-order valence-electron chi connectivity index (χ1n) is 24.1. The van der Waals surface area contributed by atoms with E-state index < -0.39 is 10.8 Å². The molecule has 3 aliphatic carbocycles. The molecule has 0 radical (unpaired) electrons. The van der Waals surface area contributed by atoms with Gasteiger partial charge in [-0.1, -0.05) is 231 Å². The fourth-order valence-electron chi connectivity index (χ4n) is 12.6. The highest BCUT2D eigenvalue weighted by molar-refractivity contribution is 5.95. The van der Waals surface area contributed by atoms with Gasteiger partial charge in [0.15, 0.2) is 0 Å². The maximum absolute atomic E-state index is 2.46. The van der Waals surface area contributed by atoms with Crippen LogP contribution >= 0.6 is 0 Å². The Balaban J connectivity index is 0.907. The van der Waals surface area contributed by atoms with Crippen LogP contribution in [-0.2, 0) is 10.8 Å². The molecule has 0 saturated carbocycles. The Kier molecular flexibility index (Phi) is 8.78. The SMILES string of the molecule is c1ccc(-c2ccc(N(c3ccc(-c4ccc5c(c4)-c4ccccc4C54c5ccccc5C5(c6ccccc6-c6ccccc65)c5ccccc54)cc3)c3cccc(-c4ccccc4)c3)cc2)cc1. The van der Waals surface area contributed by atoms with E-state index in [4.69, 9.17) is 0 Å². The van der Waals surface area contributed by atoms with Crippen molar-refractivity contribution in [1.29, 1.82) is 0 Å². The molecule has 1 nitrogen and oxygen atoms in total. The third-order valence-corrected chi connectivity index (χ3v) is 15.4. The minimum atomic E-state index is -0.510. The first-order chi connectivity index (χ1) is 34.2. The fourth-order valence-corrected chi connectivity index (χ4v) is 12.6. The van der Waals surface area contributed by atoms with Gasteiger partial charge >= 0.3 is 0 Å². The van der Waals surface area contributed by atoms with E-state index in [2.05, 4.69) is 278 Å². The minimum absolute atomic E-state index is 0.453. The molecule has 1 heteroatoms. The van der Waals surface area contributed by atoms with Crippen molar-refractivity contribution in [3.8, 4) is 55.6 Å². The Morgan fingerprint density at radius 3 is 0.986 bits per heavy atom. The van der Waals surface area contributed by atoms with Gasteiger partial charge in [0.1, 0.15) is 0 Å². The monoisotopic (exact) mass is 875 g/mol. The van der Waals surface area contributed by atoms with Crippen LogP contribution in [0.25, 0.3) is 55.6 Å². The molecule has 11 aromatic carbocycles. The lowest BCUT2D eigenvalue weighted by Crippen LogP contribution is -2.43. The van der Waals surface area contributed by atoms with E-state index in [9.17, 15) is 0 Å². The van der Waals surface area contributed by atoms with E-state index in [1.54, 1.807) is 0 Å². The second kappa shape index (κ2) is 15.4. The molecular formula is C68H45N. The highest BCUT2D eigenvalue weighted by atomic mass is 15.1. The molecule has 3 aliphatic rings.